The molecule has 3 N–H and O–H groups in total. The lowest BCUT2D eigenvalue weighted by atomic mass is 10.1. The van der Waals surface area contributed by atoms with Gasteiger partial charge < -0.3 is 15.4 Å². The molecule has 2 rings (SSSR count). The van der Waals surface area contributed by atoms with Gasteiger partial charge in [-0.25, -0.2) is 13.1 Å². The third kappa shape index (κ3) is 3.40. The Labute approximate surface area is 117 Å². The van der Waals surface area contributed by atoms with Gasteiger partial charge in [-0.3, -0.25) is 4.79 Å². The first-order valence-corrected chi connectivity index (χ1v) is 7.88. The van der Waals surface area contributed by atoms with Crippen molar-refractivity contribution in [2.24, 2.45) is 0 Å². The number of hydrogen-bond acceptors (Lipinski definition) is 5. The minimum atomic E-state index is -3.32. The molecule has 0 radical (unpaired) electrons. The second-order valence-corrected chi connectivity index (χ2v) is 6.28. The summed E-state index contributed by atoms with van der Waals surface area (Å²) in [4.78, 5) is 12.1. The van der Waals surface area contributed by atoms with Crippen LogP contribution in [0.1, 0.15) is 10.4 Å². The first-order valence-electron chi connectivity index (χ1n) is 6.22. The quantitative estimate of drug-likeness (QED) is 0.698. The molecule has 0 fully saturated rings. The van der Waals surface area contributed by atoms with Crippen LogP contribution in [0.3, 0.4) is 0 Å². The van der Waals surface area contributed by atoms with Crippen molar-refractivity contribution in [2.45, 2.75) is 0 Å². The summed E-state index contributed by atoms with van der Waals surface area (Å²) in [6.45, 7) is 1.23. The number of para-hydroxylation sites is 1. The van der Waals surface area contributed by atoms with Crippen molar-refractivity contribution < 1.29 is 17.9 Å². The number of carbonyl (C=O) groups is 1. The summed E-state index contributed by atoms with van der Waals surface area (Å²) in [6.07, 6.45) is 0. The molecular formula is C12H17N3O4S. The predicted octanol–water partition coefficient (Wildman–Crippen LogP) is -0.230. The Kier molecular flexibility index (Phi) is 4.46. The minimum Gasteiger partial charge on any atom is -0.489 e. The van der Waals surface area contributed by atoms with Crippen molar-refractivity contribution in [1.29, 1.82) is 0 Å². The highest BCUT2D eigenvalue weighted by molar-refractivity contribution is 7.89. The standard InChI is InChI=1S/C12H17N3O4S/c1-13-20(17,18)8-6-15-12(16)9-3-2-4-10-11(9)19-7-5-14-10/h2-4,13-14H,5-8H2,1H3,(H,15,16). The van der Waals surface area contributed by atoms with Crippen molar-refractivity contribution in [3.8, 4) is 5.75 Å². The van der Waals surface area contributed by atoms with Crippen molar-refractivity contribution in [3.05, 3.63) is 23.8 Å². The Hall–Kier alpha value is -1.80. The molecule has 0 aromatic heterocycles. The molecule has 0 spiro atoms. The monoisotopic (exact) mass is 299 g/mol. The van der Waals surface area contributed by atoms with Gasteiger partial charge in [0.25, 0.3) is 5.91 Å². The average molecular weight is 299 g/mol. The molecule has 110 valence electrons. The van der Waals surface area contributed by atoms with Crippen molar-refractivity contribution in [3.63, 3.8) is 0 Å². The second kappa shape index (κ2) is 6.10. The number of rotatable bonds is 5. The molecule has 0 bridgehead atoms. The Bertz CT molecular complexity index is 601. The van der Waals surface area contributed by atoms with Crippen molar-refractivity contribution in [1.82, 2.24) is 10.0 Å². The molecule has 20 heavy (non-hydrogen) atoms. The average Bonchev–Trinajstić information content (AvgIpc) is 2.46. The summed E-state index contributed by atoms with van der Waals surface area (Å²) < 4.78 is 30.2. The van der Waals surface area contributed by atoms with Crippen LogP contribution >= 0.6 is 0 Å². The van der Waals surface area contributed by atoms with E-state index in [1.165, 1.54) is 7.05 Å². The van der Waals surface area contributed by atoms with Gasteiger partial charge in [0.15, 0.2) is 5.75 Å². The molecule has 1 amide bonds. The molecule has 0 saturated heterocycles. The Balaban J connectivity index is 2.03. The van der Waals surface area contributed by atoms with E-state index < -0.39 is 10.0 Å². The van der Waals surface area contributed by atoms with Crippen molar-refractivity contribution in [2.75, 3.05) is 37.8 Å². The number of anilines is 1. The fourth-order valence-corrected chi connectivity index (χ4v) is 2.42. The van der Waals surface area contributed by atoms with Crippen LogP contribution in [0.15, 0.2) is 18.2 Å². The van der Waals surface area contributed by atoms with Gasteiger partial charge in [-0.15, -0.1) is 0 Å². The second-order valence-electron chi connectivity index (χ2n) is 4.24. The third-order valence-electron chi connectivity index (χ3n) is 2.89. The Morgan fingerprint density at radius 3 is 3.00 bits per heavy atom. The topological polar surface area (TPSA) is 96.5 Å². The van der Waals surface area contributed by atoms with E-state index in [1.54, 1.807) is 12.1 Å². The highest BCUT2D eigenvalue weighted by Crippen LogP contribution is 2.30. The Morgan fingerprint density at radius 1 is 1.45 bits per heavy atom. The minimum absolute atomic E-state index is 0.0408. The number of fused-ring (bicyclic) bond motifs is 1. The van der Waals surface area contributed by atoms with Crippen LogP contribution in [0.4, 0.5) is 5.69 Å². The van der Waals surface area contributed by atoms with Crippen LogP contribution in [-0.2, 0) is 10.0 Å². The molecule has 1 heterocycles. The molecule has 1 aromatic carbocycles. The van der Waals surface area contributed by atoms with E-state index in [0.29, 0.717) is 24.5 Å². The number of nitrogens with one attached hydrogen (secondary N) is 3. The summed E-state index contributed by atoms with van der Waals surface area (Å²) in [5, 5.41) is 5.71. The summed E-state index contributed by atoms with van der Waals surface area (Å²) in [5.74, 6) is -0.00631. The van der Waals surface area contributed by atoms with E-state index in [-0.39, 0.29) is 18.2 Å². The zero-order valence-corrected chi connectivity index (χ0v) is 11.9. The highest BCUT2D eigenvalue weighted by atomic mass is 32.2. The fourth-order valence-electron chi connectivity index (χ4n) is 1.85. The molecule has 1 aliphatic rings. The summed E-state index contributed by atoms with van der Waals surface area (Å²) in [7, 11) is -1.99. The molecule has 0 aliphatic carbocycles. The summed E-state index contributed by atoms with van der Waals surface area (Å²) in [5.41, 5.74) is 1.17. The highest BCUT2D eigenvalue weighted by Gasteiger charge is 2.19. The van der Waals surface area contributed by atoms with E-state index in [1.807, 2.05) is 6.07 Å². The maximum atomic E-state index is 12.1. The van der Waals surface area contributed by atoms with E-state index in [9.17, 15) is 13.2 Å². The van der Waals surface area contributed by atoms with E-state index >= 15 is 0 Å². The first kappa shape index (κ1) is 14.6. The number of ether oxygens (including phenoxy) is 1. The van der Waals surface area contributed by atoms with Gasteiger partial charge in [0.05, 0.1) is 17.0 Å². The van der Waals surface area contributed by atoms with Crippen LogP contribution in [-0.4, -0.2) is 46.8 Å². The third-order valence-corrected chi connectivity index (χ3v) is 4.25. The zero-order valence-electron chi connectivity index (χ0n) is 11.1. The number of amides is 1. The van der Waals surface area contributed by atoms with E-state index in [0.717, 1.165) is 5.69 Å². The first-order chi connectivity index (χ1) is 9.53. The van der Waals surface area contributed by atoms with Gasteiger partial charge in [0, 0.05) is 13.1 Å². The van der Waals surface area contributed by atoms with Crippen LogP contribution in [0.2, 0.25) is 0 Å². The summed E-state index contributed by atoms with van der Waals surface area (Å²) >= 11 is 0. The van der Waals surface area contributed by atoms with Gasteiger partial charge in [-0.2, -0.15) is 0 Å². The largest absolute Gasteiger partial charge is 0.489 e. The lowest BCUT2D eigenvalue weighted by Gasteiger charge is -2.21. The molecule has 1 aromatic rings. The summed E-state index contributed by atoms with van der Waals surface area (Å²) in [6, 6.07) is 5.23. The lowest BCUT2D eigenvalue weighted by Crippen LogP contribution is -2.33. The van der Waals surface area contributed by atoms with E-state index in [4.69, 9.17) is 4.74 Å². The van der Waals surface area contributed by atoms with Crippen LogP contribution < -0.4 is 20.1 Å². The molecule has 8 heteroatoms. The zero-order chi connectivity index (χ0) is 14.6. The van der Waals surface area contributed by atoms with Crippen molar-refractivity contribution >= 4 is 21.6 Å². The van der Waals surface area contributed by atoms with Gasteiger partial charge in [0.2, 0.25) is 10.0 Å². The van der Waals surface area contributed by atoms with Crippen LogP contribution in [0.25, 0.3) is 0 Å². The molecule has 0 atom stereocenters. The SMILES string of the molecule is CNS(=O)(=O)CCNC(=O)c1cccc2c1OCCN2. The molecule has 7 nitrogen and oxygen atoms in total. The molecule has 1 aliphatic heterocycles. The fraction of sp³-hybridized carbons (Fsp3) is 0.417. The molecule has 0 unspecified atom stereocenters. The number of sulfonamides is 1. The normalized spacial score (nSPS) is 13.8. The molecular weight excluding hydrogens is 282 g/mol. The van der Waals surface area contributed by atoms with Gasteiger partial charge in [0.1, 0.15) is 6.61 Å². The van der Waals surface area contributed by atoms with Gasteiger partial charge in [-0.1, -0.05) is 6.07 Å². The lowest BCUT2D eigenvalue weighted by molar-refractivity contribution is 0.0952. The van der Waals surface area contributed by atoms with Crippen LogP contribution in [0, 0.1) is 0 Å². The maximum absolute atomic E-state index is 12.1. The number of hydrogen-bond donors (Lipinski definition) is 3. The number of benzene rings is 1. The smallest absolute Gasteiger partial charge is 0.255 e. The molecule has 0 saturated carbocycles. The van der Waals surface area contributed by atoms with Crippen LogP contribution in [0.5, 0.6) is 5.75 Å². The predicted molar refractivity (Wildman–Crippen MR) is 75.6 cm³/mol. The number of carbonyl (C=O) groups excluding carboxylic acids is 1. The maximum Gasteiger partial charge on any atom is 0.255 e. The van der Waals surface area contributed by atoms with E-state index in [2.05, 4.69) is 15.4 Å². The Morgan fingerprint density at radius 2 is 2.25 bits per heavy atom. The van der Waals surface area contributed by atoms with Gasteiger partial charge >= 0.3 is 0 Å². The van der Waals surface area contributed by atoms with Gasteiger partial charge in [-0.05, 0) is 19.2 Å².